The summed E-state index contributed by atoms with van der Waals surface area (Å²) in [6.07, 6.45) is 2.41. The van der Waals surface area contributed by atoms with Crippen molar-refractivity contribution >= 4 is 11.4 Å². The summed E-state index contributed by atoms with van der Waals surface area (Å²) in [7, 11) is 0. The number of rotatable bonds is 5. The fourth-order valence-electron chi connectivity index (χ4n) is 1.89. The van der Waals surface area contributed by atoms with Crippen LogP contribution in [0.1, 0.15) is 19.8 Å². The maximum Gasteiger partial charge on any atom is 0.0411 e. The second kappa shape index (κ2) is 6.09. The molecule has 0 atom stereocenters. The van der Waals surface area contributed by atoms with Gasteiger partial charge in [-0.15, -0.1) is 0 Å². The molecule has 1 nitrogen and oxygen atoms in total. The van der Waals surface area contributed by atoms with E-state index in [4.69, 9.17) is 0 Å². The molecular weight excluding hydrogens is 206 g/mol. The second-order valence-corrected chi connectivity index (χ2v) is 4.10. The van der Waals surface area contributed by atoms with Crippen LogP contribution in [0.2, 0.25) is 0 Å². The van der Waals surface area contributed by atoms with Crippen LogP contribution in [0.25, 0.3) is 0 Å². The van der Waals surface area contributed by atoms with E-state index in [1.54, 1.807) is 0 Å². The first kappa shape index (κ1) is 11.7. The average molecular weight is 224 g/mol. The standard InChI is InChI=1S/C16H18N/c1-2-3-14-17(15-10-6-4-7-11-15)16-12-8-5-9-13-16/h4,6-13H,2-3,14H2,1H3. The van der Waals surface area contributed by atoms with Crippen molar-refractivity contribution in [3.8, 4) is 0 Å². The Morgan fingerprint density at radius 3 is 2.24 bits per heavy atom. The molecule has 1 radical (unpaired) electrons. The maximum atomic E-state index is 3.07. The average Bonchev–Trinajstić information content (AvgIpc) is 2.42. The second-order valence-electron chi connectivity index (χ2n) is 4.10. The normalized spacial score (nSPS) is 10.2. The summed E-state index contributed by atoms with van der Waals surface area (Å²) in [4.78, 5) is 2.36. The topological polar surface area (TPSA) is 3.24 Å². The first-order valence-electron chi connectivity index (χ1n) is 6.20. The minimum Gasteiger partial charge on any atom is -0.341 e. The Morgan fingerprint density at radius 1 is 0.941 bits per heavy atom. The van der Waals surface area contributed by atoms with Gasteiger partial charge < -0.3 is 4.90 Å². The molecule has 1 heteroatoms. The van der Waals surface area contributed by atoms with Gasteiger partial charge in [-0.2, -0.15) is 0 Å². The van der Waals surface area contributed by atoms with E-state index in [-0.39, 0.29) is 0 Å². The third kappa shape index (κ3) is 3.10. The monoisotopic (exact) mass is 224 g/mol. The molecular formula is C16H18N. The molecule has 0 aliphatic heterocycles. The molecule has 0 saturated carbocycles. The van der Waals surface area contributed by atoms with E-state index < -0.39 is 0 Å². The molecule has 0 fully saturated rings. The van der Waals surface area contributed by atoms with Crippen molar-refractivity contribution in [1.29, 1.82) is 0 Å². The van der Waals surface area contributed by atoms with Crippen LogP contribution in [0, 0.1) is 6.07 Å². The molecule has 87 valence electrons. The fourth-order valence-corrected chi connectivity index (χ4v) is 1.89. The zero-order valence-electron chi connectivity index (χ0n) is 10.3. The number of anilines is 2. The lowest BCUT2D eigenvalue weighted by Crippen LogP contribution is -2.17. The quantitative estimate of drug-likeness (QED) is 0.726. The van der Waals surface area contributed by atoms with Crippen molar-refractivity contribution in [3.63, 3.8) is 0 Å². The van der Waals surface area contributed by atoms with Gasteiger partial charge in [0.05, 0.1) is 0 Å². The minimum absolute atomic E-state index is 1.06. The van der Waals surface area contributed by atoms with E-state index in [2.05, 4.69) is 60.4 Å². The lowest BCUT2D eigenvalue weighted by Gasteiger charge is -2.24. The van der Waals surface area contributed by atoms with Crippen molar-refractivity contribution in [3.05, 3.63) is 60.7 Å². The summed E-state index contributed by atoms with van der Waals surface area (Å²) in [5.74, 6) is 0. The molecule has 0 aromatic heterocycles. The molecule has 0 bridgehead atoms. The first-order valence-corrected chi connectivity index (χ1v) is 6.20. The van der Waals surface area contributed by atoms with Crippen molar-refractivity contribution in [1.82, 2.24) is 0 Å². The lowest BCUT2D eigenvalue weighted by molar-refractivity contribution is 0.786. The summed E-state index contributed by atoms with van der Waals surface area (Å²) in [6, 6.07) is 21.8. The lowest BCUT2D eigenvalue weighted by atomic mass is 10.2. The van der Waals surface area contributed by atoms with Crippen molar-refractivity contribution in [2.75, 3.05) is 11.4 Å². The summed E-state index contributed by atoms with van der Waals surface area (Å²) < 4.78 is 0. The van der Waals surface area contributed by atoms with Gasteiger partial charge in [0, 0.05) is 17.9 Å². The summed E-state index contributed by atoms with van der Waals surface area (Å²) >= 11 is 0. The number of benzene rings is 2. The molecule has 0 saturated heterocycles. The number of nitrogens with zero attached hydrogens (tertiary/aromatic N) is 1. The molecule has 2 aromatic rings. The highest BCUT2D eigenvalue weighted by Gasteiger charge is 2.07. The third-order valence-corrected chi connectivity index (χ3v) is 2.82. The molecule has 0 amide bonds. The molecule has 17 heavy (non-hydrogen) atoms. The molecule has 0 unspecified atom stereocenters. The zero-order chi connectivity index (χ0) is 11.9. The van der Waals surface area contributed by atoms with Crippen LogP contribution >= 0.6 is 0 Å². The van der Waals surface area contributed by atoms with E-state index >= 15 is 0 Å². The maximum absolute atomic E-state index is 3.07. The van der Waals surface area contributed by atoms with Gasteiger partial charge in [0.2, 0.25) is 0 Å². The van der Waals surface area contributed by atoms with Crippen LogP contribution in [-0.2, 0) is 0 Å². The molecule has 2 rings (SSSR count). The van der Waals surface area contributed by atoms with E-state index in [0.29, 0.717) is 0 Å². The highest BCUT2D eigenvalue weighted by atomic mass is 15.1. The molecule has 0 aliphatic carbocycles. The predicted octanol–water partition coefficient (Wildman–Crippen LogP) is 4.42. The van der Waals surface area contributed by atoms with Crippen LogP contribution in [0.15, 0.2) is 54.6 Å². The first-order chi connectivity index (χ1) is 8.42. The van der Waals surface area contributed by atoms with Gasteiger partial charge in [0.1, 0.15) is 0 Å². The molecule has 0 spiro atoms. The Morgan fingerprint density at radius 2 is 1.59 bits per heavy atom. The van der Waals surface area contributed by atoms with Crippen LogP contribution in [0.3, 0.4) is 0 Å². The van der Waals surface area contributed by atoms with Gasteiger partial charge in [0.25, 0.3) is 0 Å². The van der Waals surface area contributed by atoms with Gasteiger partial charge in [-0.1, -0.05) is 43.7 Å². The minimum atomic E-state index is 1.06. The molecule has 2 aromatic carbocycles. The van der Waals surface area contributed by atoms with E-state index in [9.17, 15) is 0 Å². The van der Waals surface area contributed by atoms with Gasteiger partial charge >= 0.3 is 0 Å². The fraction of sp³-hybridized carbons (Fsp3) is 0.250. The number of hydrogen-bond donors (Lipinski definition) is 0. The zero-order valence-corrected chi connectivity index (χ0v) is 10.3. The van der Waals surface area contributed by atoms with E-state index in [0.717, 1.165) is 6.54 Å². The number of hydrogen-bond acceptors (Lipinski definition) is 1. The summed E-state index contributed by atoms with van der Waals surface area (Å²) in [5, 5.41) is 0. The Kier molecular flexibility index (Phi) is 4.20. The Bertz CT molecular complexity index is 382. The third-order valence-electron chi connectivity index (χ3n) is 2.82. The van der Waals surface area contributed by atoms with Crippen LogP contribution in [0.4, 0.5) is 11.4 Å². The van der Waals surface area contributed by atoms with Gasteiger partial charge in [-0.3, -0.25) is 0 Å². The van der Waals surface area contributed by atoms with Gasteiger partial charge in [0.15, 0.2) is 0 Å². The largest absolute Gasteiger partial charge is 0.341 e. The highest BCUT2D eigenvalue weighted by Crippen LogP contribution is 2.24. The van der Waals surface area contributed by atoms with Crippen LogP contribution < -0.4 is 4.90 Å². The summed E-state index contributed by atoms with van der Waals surface area (Å²) in [6.45, 7) is 3.28. The van der Waals surface area contributed by atoms with Gasteiger partial charge in [-0.05, 0) is 36.8 Å². The SMILES string of the molecule is CCCCN(c1cc[c]cc1)c1ccccc1. The van der Waals surface area contributed by atoms with Crippen molar-refractivity contribution < 1.29 is 0 Å². The Hall–Kier alpha value is -1.76. The number of unbranched alkanes of at least 4 members (excludes halogenated alkanes) is 1. The molecule has 0 aliphatic rings. The number of para-hydroxylation sites is 1. The highest BCUT2D eigenvalue weighted by molar-refractivity contribution is 5.62. The Balaban J connectivity index is 2.26. The van der Waals surface area contributed by atoms with Gasteiger partial charge in [-0.25, -0.2) is 0 Å². The Labute approximate surface area is 104 Å². The van der Waals surface area contributed by atoms with E-state index in [1.165, 1.54) is 24.2 Å². The molecule has 0 heterocycles. The van der Waals surface area contributed by atoms with E-state index in [1.807, 2.05) is 12.1 Å². The predicted molar refractivity (Wildman–Crippen MR) is 73.6 cm³/mol. The summed E-state index contributed by atoms with van der Waals surface area (Å²) in [5.41, 5.74) is 2.50. The smallest absolute Gasteiger partial charge is 0.0411 e. The van der Waals surface area contributed by atoms with Crippen molar-refractivity contribution in [2.45, 2.75) is 19.8 Å². The van der Waals surface area contributed by atoms with Crippen LogP contribution in [0.5, 0.6) is 0 Å². The van der Waals surface area contributed by atoms with Crippen molar-refractivity contribution in [2.24, 2.45) is 0 Å². The van der Waals surface area contributed by atoms with Crippen LogP contribution in [-0.4, -0.2) is 6.54 Å². The molecule has 0 N–H and O–H groups in total.